The third-order valence-electron chi connectivity index (χ3n) is 4.96. The van der Waals surface area contributed by atoms with Crippen LogP contribution in [-0.4, -0.2) is 46.9 Å². The molecule has 0 radical (unpaired) electrons. The van der Waals surface area contributed by atoms with Gasteiger partial charge in [0, 0.05) is 42.2 Å². The van der Waals surface area contributed by atoms with Crippen molar-refractivity contribution in [1.29, 1.82) is 0 Å². The van der Waals surface area contributed by atoms with Crippen LogP contribution in [0.25, 0.3) is 10.9 Å². The molecule has 4 rings (SSSR count). The third-order valence-corrected chi connectivity index (χ3v) is 6.10. The van der Waals surface area contributed by atoms with Crippen LogP contribution >= 0.6 is 23.4 Å². The van der Waals surface area contributed by atoms with Crippen molar-refractivity contribution in [3.63, 3.8) is 0 Å². The number of rotatable bonds is 5. The summed E-state index contributed by atoms with van der Waals surface area (Å²) in [6.07, 6.45) is 1.03. The first kappa shape index (κ1) is 19.2. The summed E-state index contributed by atoms with van der Waals surface area (Å²) in [5.41, 5.74) is 3.31. The largest absolute Gasteiger partial charge is 0.322 e. The first-order valence-electron chi connectivity index (χ1n) is 9.45. The molecule has 28 heavy (non-hydrogen) atoms. The van der Waals surface area contributed by atoms with Gasteiger partial charge in [0.2, 0.25) is 0 Å². The summed E-state index contributed by atoms with van der Waals surface area (Å²) in [6.45, 7) is 3.45. The molecule has 3 aromatic rings. The van der Waals surface area contributed by atoms with Crippen molar-refractivity contribution >= 4 is 45.9 Å². The molecule has 0 spiro atoms. The number of benzene rings is 2. The zero-order valence-electron chi connectivity index (χ0n) is 15.5. The van der Waals surface area contributed by atoms with Gasteiger partial charge in [-0.1, -0.05) is 41.9 Å². The number of halogens is 1. The van der Waals surface area contributed by atoms with Crippen LogP contribution in [0.5, 0.6) is 0 Å². The highest BCUT2D eigenvalue weighted by molar-refractivity contribution is 7.99. The number of hydrogen-bond acceptors (Lipinski definition) is 4. The highest BCUT2D eigenvalue weighted by atomic mass is 35.5. The number of para-hydroxylation sites is 1. The van der Waals surface area contributed by atoms with E-state index in [0.717, 1.165) is 24.0 Å². The Hall–Kier alpha value is -2.08. The highest BCUT2D eigenvalue weighted by Crippen LogP contribution is 2.22. The van der Waals surface area contributed by atoms with Gasteiger partial charge in [-0.05, 0) is 36.2 Å². The van der Waals surface area contributed by atoms with E-state index in [1.807, 2.05) is 48.2 Å². The number of nitrogens with one attached hydrogen (secondary N) is 1. The van der Waals surface area contributed by atoms with Gasteiger partial charge in [-0.2, -0.15) is 11.8 Å². The molecule has 1 aliphatic heterocycles. The lowest BCUT2D eigenvalue weighted by Crippen LogP contribution is -2.34. The van der Waals surface area contributed by atoms with Crippen molar-refractivity contribution in [2.24, 2.45) is 0 Å². The van der Waals surface area contributed by atoms with Gasteiger partial charge in [0.15, 0.2) is 0 Å². The number of thioether (sulfide) groups is 1. The Morgan fingerprint density at radius 1 is 1.11 bits per heavy atom. The summed E-state index contributed by atoms with van der Waals surface area (Å²) in [6, 6.07) is 17.2. The topological polar surface area (TPSA) is 45.2 Å². The summed E-state index contributed by atoms with van der Waals surface area (Å²) in [7, 11) is 0. The number of aromatic nitrogens is 1. The maximum Gasteiger partial charge on any atom is 0.256 e. The van der Waals surface area contributed by atoms with E-state index in [4.69, 9.17) is 11.6 Å². The van der Waals surface area contributed by atoms with E-state index < -0.39 is 0 Å². The maximum absolute atomic E-state index is 12.8. The highest BCUT2D eigenvalue weighted by Gasteiger charge is 2.13. The minimum atomic E-state index is -0.181. The molecule has 0 atom stereocenters. The van der Waals surface area contributed by atoms with Crippen LogP contribution in [-0.2, 0) is 6.42 Å². The molecule has 1 aromatic heterocycles. The van der Waals surface area contributed by atoms with E-state index in [0.29, 0.717) is 16.2 Å². The van der Waals surface area contributed by atoms with E-state index in [9.17, 15) is 4.79 Å². The number of amides is 1. The number of nitrogens with zero attached hydrogens (tertiary/aromatic N) is 2. The third kappa shape index (κ3) is 4.66. The number of pyridine rings is 1. The molecular formula is C22H22ClN3OS. The molecule has 0 saturated carbocycles. The quantitative estimate of drug-likeness (QED) is 0.616. The van der Waals surface area contributed by atoms with Crippen LogP contribution in [0.4, 0.5) is 5.69 Å². The average molecular weight is 412 g/mol. The second-order valence-corrected chi connectivity index (χ2v) is 8.48. The molecule has 1 aliphatic rings. The number of anilines is 1. The second kappa shape index (κ2) is 8.95. The Balaban J connectivity index is 1.42. The van der Waals surface area contributed by atoms with Crippen molar-refractivity contribution in [3.8, 4) is 0 Å². The summed E-state index contributed by atoms with van der Waals surface area (Å²) in [5.74, 6) is 2.29. The number of carbonyl (C=O) groups is 1. The van der Waals surface area contributed by atoms with Gasteiger partial charge in [0.05, 0.1) is 11.1 Å². The minimum absolute atomic E-state index is 0.181. The van der Waals surface area contributed by atoms with Crippen molar-refractivity contribution in [2.45, 2.75) is 6.42 Å². The normalized spacial score (nSPS) is 14.9. The van der Waals surface area contributed by atoms with Crippen LogP contribution in [0.1, 0.15) is 15.9 Å². The van der Waals surface area contributed by atoms with E-state index >= 15 is 0 Å². The van der Waals surface area contributed by atoms with Crippen LogP contribution in [0.2, 0.25) is 5.15 Å². The Bertz CT molecular complexity index is 971. The molecule has 2 heterocycles. The second-order valence-electron chi connectivity index (χ2n) is 6.86. The van der Waals surface area contributed by atoms with Crippen molar-refractivity contribution in [2.75, 3.05) is 36.5 Å². The first-order chi connectivity index (χ1) is 13.7. The fourth-order valence-electron chi connectivity index (χ4n) is 3.40. The Morgan fingerprint density at radius 2 is 1.86 bits per heavy atom. The lowest BCUT2D eigenvalue weighted by Gasteiger charge is -2.26. The van der Waals surface area contributed by atoms with E-state index in [1.165, 1.54) is 30.2 Å². The zero-order valence-corrected chi connectivity index (χ0v) is 17.1. The monoisotopic (exact) mass is 411 g/mol. The molecule has 1 N–H and O–H groups in total. The Labute approximate surface area is 174 Å². The van der Waals surface area contributed by atoms with E-state index in [2.05, 4.69) is 27.3 Å². The molecule has 0 aliphatic carbocycles. The molecule has 4 nitrogen and oxygen atoms in total. The van der Waals surface area contributed by atoms with Gasteiger partial charge >= 0.3 is 0 Å². The molecular weight excluding hydrogens is 390 g/mol. The number of carbonyl (C=O) groups excluding carboxylic acids is 1. The minimum Gasteiger partial charge on any atom is -0.322 e. The van der Waals surface area contributed by atoms with Crippen molar-refractivity contribution in [1.82, 2.24) is 9.88 Å². The van der Waals surface area contributed by atoms with Crippen LogP contribution in [0.3, 0.4) is 0 Å². The Morgan fingerprint density at radius 3 is 2.64 bits per heavy atom. The van der Waals surface area contributed by atoms with Gasteiger partial charge in [-0.25, -0.2) is 4.98 Å². The lowest BCUT2D eigenvalue weighted by molar-refractivity contribution is 0.102. The first-order valence-corrected chi connectivity index (χ1v) is 11.0. The number of fused-ring (bicyclic) bond motifs is 1. The molecule has 0 bridgehead atoms. The van der Waals surface area contributed by atoms with Gasteiger partial charge < -0.3 is 10.2 Å². The fraction of sp³-hybridized carbons (Fsp3) is 0.273. The lowest BCUT2D eigenvalue weighted by atomic mass is 10.1. The van der Waals surface area contributed by atoms with Gasteiger partial charge in [0.1, 0.15) is 5.15 Å². The molecule has 0 unspecified atom stereocenters. The summed E-state index contributed by atoms with van der Waals surface area (Å²) in [4.78, 5) is 19.6. The van der Waals surface area contributed by atoms with Gasteiger partial charge in [-0.3, -0.25) is 4.79 Å². The number of hydrogen-bond donors (Lipinski definition) is 1. The summed E-state index contributed by atoms with van der Waals surface area (Å²) in [5, 5.41) is 4.08. The predicted molar refractivity (Wildman–Crippen MR) is 119 cm³/mol. The molecule has 6 heteroatoms. The molecule has 1 amide bonds. The molecule has 1 fully saturated rings. The molecule has 144 valence electrons. The van der Waals surface area contributed by atoms with E-state index in [-0.39, 0.29) is 5.91 Å². The van der Waals surface area contributed by atoms with Crippen LogP contribution < -0.4 is 5.32 Å². The molecule has 2 aromatic carbocycles. The van der Waals surface area contributed by atoms with Crippen molar-refractivity contribution in [3.05, 3.63) is 70.9 Å². The summed E-state index contributed by atoms with van der Waals surface area (Å²) < 4.78 is 0. The van der Waals surface area contributed by atoms with E-state index in [1.54, 1.807) is 6.07 Å². The van der Waals surface area contributed by atoms with Gasteiger partial charge in [0.25, 0.3) is 5.91 Å². The summed E-state index contributed by atoms with van der Waals surface area (Å²) >= 11 is 8.13. The standard InChI is InChI=1S/C22H22ClN3OS/c23-21-15-19(18-3-1-2-4-20(18)25-21)22(27)24-17-7-5-16(6-8-17)9-10-26-11-13-28-14-12-26/h1-8,15H,9-14H2,(H,24,27). The maximum atomic E-state index is 12.8. The average Bonchev–Trinajstić information content (AvgIpc) is 2.73. The smallest absolute Gasteiger partial charge is 0.256 e. The van der Waals surface area contributed by atoms with Crippen LogP contribution in [0.15, 0.2) is 54.6 Å². The predicted octanol–water partition coefficient (Wildman–Crippen LogP) is 4.73. The van der Waals surface area contributed by atoms with Crippen LogP contribution in [0, 0.1) is 0 Å². The molecule has 1 saturated heterocycles. The van der Waals surface area contributed by atoms with Gasteiger partial charge in [-0.15, -0.1) is 0 Å². The SMILES string of the molecule is O=C(Nc1ccc(CCN2CCSCC2)cc1)c1cc(Cl)nc2ccccc12. The van der Waals surface area contributed by atoms with Crippen molar-refractivity contribution < 1.29 is 4.79 Å². The fourth-order valence-corrected chi connectivity index (χ4v) is 4.57. The zero-order chi connectivity index (χ0) is 19.3. The Kier molecular flexibility index (Phi) is 6.15.